The molecule has 0 fully saturated rings. The molecule has 0 atom stereocenters. The third-order valence-electron chi connectivity index (χ3n) is 4.06. The van der Waals surface area contributed by atoms with Crippen molar-refractivity contribution in [3.63, 3.8) is 0 Å². The SMILES string of the molecule is Cc1[nH]c(=O)c2c(c1Nc1cccc(OC(F)(F)F)c1)CCCC2. The number of aromatic nitrogens is 1. The van der Waals surface area contributed by atoms with Crippen LogP contribution >= 0.6 is 0 Å². The summed E-state index contributed by atoms with van der Waals surface area (Å²) in [4.78, 5) is 14.9. The summed E-state index contributed by atoms with van der Waals surface area (Å²) < 4.78 is 41.0. The van der Waals surface area contributed by atoms with E-state index < -0.39 is 6.36 Å². The first-order valence-electron chi connectivity index (χ1n) is 7.71. The lowest BCUT2D eigenvalue weighted by molar-refractivity contribution is -0.274. The van der Waals surface area contributed by atoms with Gasteiger partial charge in [-0.25, -0.2) is 0 Å². The highest BCUT2D eigenvalue weighted by atomic mass is 19.4. The highest BCUT2D eigenvalue weighted by molar-refractivity contribution is 5.68. The molecule has 1 aromatic heterocycles. The minimum atomic E-state index is -4.73. The molecular formula is C17H17F3N2O2. The van der Waals surface area contributed by atoms with Gasteiger partial charge in [0.05, 0.1) is 5.69 Å². The van der Waals surface area contributed by atoms with E-state index in [2.05, 4.69) is 15.0 Å². The summed E-state index contributed by atoms with van der Waals surface area (Å²) in [5, 5.41) is 3.14. The Balaban J connectivity index is 1.95. The first kappa shape index (κ1) is 16.4. The van der Waals surface area contributed by atoms with E-state index in [-0.39, 0.29) is 11.3 Å². The van der Waals surface area contributed by atoms with E-state index in [9.17, 15) is 18.0 Å². The minimum Gasteiger partial charge on any atom is -0.406 e. The molecule has 3 rings (SSSR count). The van der Waals surface area contributed by atoms with Gasteiger partial charge in [0, 0.05) is 23.0 Å². The Morgan fingerprint density at radius 1 is 1.17 bits per heavy atom. The van der Waals surface area contributed by atoms with Crippen LogP contribution in [0.15, 0.2) is 29.1 Å². The van der Waals surface area contributed by atoms with Gasteiger partial charge in [0.15, 0.2) is 0 Å². The molecule has 0 unspecified atom stereocenters. The van der Waals surface area contributed by atoms with Crippen molar-refractivity contribution in [2.75, 3.05) is 5.32 Å². The predicted octanol–water partition coefficient (Wildman–Crippen LogP) is 4.20. The fourth-order valence-corrected chi connectivity index (χ4v) is 3.05. The van der Waals surface area contributed by atoms with Crippen molar-refractivity contribution >= 4 is 11.4 Å². The summed E-state index contributed by atoms with van der Waals surface area (Å²) >= 11 is 0. The number of ether oxygens (including phenoxy) is 1. The van der Waals surface area contributed by atoms with Gasteiger partial charge >= 0.3 is 6.36 Å². The van der Waals surface area contributed by atoms with Gasteiger partial charge in [-0.15, -0.1) is 13.2 Å². The average molecular weight is 338 g/mol. The molecule has 24 heavy (non-hydrogen) atoms. The molecule has 2 aromatic rings. The number of fused-ring (bicyclic) bond motifs is 1. The largest absolute Gasteiger partial charge is 0.573 e. The van der Waals surface area contributed by atoms with Gasteiger partial charge in [0.2, 0.25) is 0 Å². The predicted molar refractivity (Wildman–Crippen MR) is 84.8 cm³/mol. The third-order valence-corrected chi connectivity index (χ3v) is 4.06. The number of rotatable bonds is 3. The normalized spacial score (nSPS) is 14.2. The van der Waals surface area contributed by atoms with Crippen molar-refractivity contribution in [2.24, 2.45) is 0 Å². The number of H-pyrrole nitrogens is 1. The number of nitrogens with one attached hydrogen (secondary N) is 2. The zero-order valence-electron chi connectivity index (χ0n) is 13.1. The third kappa shape index (κ3) is 3.55. The highest BCUT2D eigenvalue weighted by Gasteiger charge is 2.31. The molecule has 7 heteroatoms. The number of aromatic amines is 1. The number of halogens is 3. The molecule has 1 heterocycles. The molecule has 0 bridgehead atoms. The first-order chi connectivity index (χ1) is 11.3. The zero-order chi connectivity index (χ0) is 17.3. The van der Waals surface area contributed by atoms with E-state index in [1.807, 2.05) is 0 Å². The Kier molecular flexibility index (Phi) is 4.26. The highest BCUT2D eigenvalue weighted by Crippen LogP contribution is 2.31. The maximum absolute atomic E-state index is 12.4. The number of pyridine rings is 1. The second kappa shape index (κ2) is 6.22. The van der Waals surface area contributed by atoms with Crippen LogP contribution in [-0.2, 0) is 12.8 Å². The van der Waals surface area contributed by atoms with E-state index in [1.165, 1.54) is 18.2 Å². The standard InChI is InChI=1S/C17H17F3N2O2/c1-10-15(13-7-2-3-8-14(13)16(23)21-10)22-11-5-4-6-12(9-11)24-17(18,19)20/h4-6,9,22H,2-3,7-8H2,1H3,(H,21,23). The quantitative estimate of drug-likeness (QED) is 0.882. The smallest absolute Gasteiger partial charge is 0.406 e. The van der Waals surface area contributed by atoms with Crippen molar-refractivity contribution in [1.82, 2.24) is 4.98 Å². The van der Waals surface area contributed by atoms with Gasteiger partial charge in [-0.3, -0.25) is 4.79 Å². The minimum absolute atomic E-state index is 0.0816. The summed E-state index contributed by atoms with van der Waals surface area (Å²) in [6.45, 7) is 1.77. The molecule has 1 aromatic carbocycles. The Labute approximate surface area is 136 Å². The molecule has 1 aliphatic carbocycles. The van der Waals surface area contributed by atoms with Crippen LogP contribution in [0.5, 0.6) is 5.75 Å². The molecule has 0 saturated heterocycles. The summed E-state index contributed by atoms with van der Waals surface area (Å²) in [6.07, 6.45) is -1.28. The van der Waals surface area contributed by atoms with Crippen molar-refractivity contribution in [3.05, 3.63) is 51.4 Å². The van der Waals surface area contributed by atoms with Crippen LogP contribution < -0.4 is 15.6 Å². The fraction of sp³-hybridized carbons (Fsp3) is 0.353. The molecule has 2 N–H and O–H groups in total. The number of benzene rings is 1. The van der Waals surface area contributed by atoms with Crippen LogP contribution in [0.3, 0.4) is 0 Å². The number of aryl methyl sites for hydroxylation is 1. The van der Waals surface area contributed by atoms with Crippen molar-refractivity contribution < 1.29 is 17.9 Å². The summed E-state index contributed by atoms with van der Waals surface area (Å²) in [6, 6.07) is 5.67. The topological polar surface area (TPSA) is 54.1 Å². The van der Waals surface area contributed by atoms with Gasteiger partial charge in [-0.1, -0.05) is 6.07 Å². The lowest BCUT2D eigenvalue weighted by atomic mass is 9.91. The van der Waals surface area contributed by atoms with Gasteiger partial charge < -0.3 is 15.0 Å². The van der Waals surface area contributed by atoms with Crippen LogP contribution in [0.25, 0.3) is 0 Å². The van der Waals surface area contributed by atoms with Crippen molar-refractivity contribution in [2.45, 2.75) is 39.0 Å². The number of alkyl halides is 3. The first-order valence-corrected chi connectivity index (χ1v) is 7.71. The average Bonchev–Trinajstić information content (AvgIpc) is 2.50. The van der Waals surface area contributed by atoms with Gasteiger partial charge in [0.1, 0.15) is 5.75 Å². The molecule has 0 radical (unpaired) electrons. The monoisotopic (exact) mass is 338 g/mol. The van der Waals surface area contributed by atoms with Gasteiger partial charge in [-0.2, -0.15) is 0 Å². The van der Waals surface area contributed by atoms with Crippen LogP contribution in [0.1, 0.15) is 29.7 Å². The summed E-state index contributed by atoms with van der Waals surface area (Å²) in [5.41, 5.74) is 3.53. The maximum Gasteiger partial charge on any atom is 0.573 e. The van der Waals surface area contributed by atoms with E-state index in [0.29, 0.717) is 11.4 Å². The molecular weight excluding hydrogens is 321 g/mol. The Morgan fingerprint density at radius 2 is 1.88 bits per heavy atom. The van der Waals surface area contributed by atoms with Gasteiger partial charge in [0.25, 0.3) is 5.56 Å². The van der Waals surface area contributed by atoms with Crippen molar-refractivity contribution in [1.29, 1.82) is 0 Å². The molecule has 0 aliphatic heterocycles. The summed E-state index contributed by atoms with van der Waals surface area (Å²) in [5.74, 6) is -0.288. The molecule has 0 saturated carbocycles. The Hall–Kier alpha value is -2.44. The maximum atomic E-state index is 12.4. The lowest BCUT2D eigenvalue weighted by Gasteiger charge is -2.21. The second-order valence-electron chi connectivity index (χ2n) is 5.82. The van der Waals surface area contributed by atoms with Crippen molar-refractivity contribution in [3.8, 4) is 5.75 Å². The zero-order valence-corrected chi connectivity index (χ0v) is 13.1. The van der Waals surface area contributed by atoms with E-state index in [4.69, 9.17) is 0 Å². The molecule has 0 amide bonds. The lowest BCUT2D eigenvalue weighted by Crippen LogP contribution is -2.22. The van der Waals surface area contributed by atoms with Gasteiger partial charge in [-0.05, 0) is 50.3 Å². The molecule has 1 aliphatic rings. The second-order valence-corrected chi connectivity index (χ2v) is 5.82. The van der Waals surface area contributed by atoms with Crippen LogP contribution in [0, 0.1) is 6.92 Å². The molecule has 4 nitrogen and oxygen atoms in total. The summed E-state index contributed by atoms with van der Waals surface area (Å²) in [7, 11) is 0. The van der Waals surface area contributed by atoms with Crippen LogP contribution in [-0.4, -0.2) is 11.3 Å². The Morgan fingerprint density at radius 3 is 2.58 bits per heavy atom. The molecule has 128 valence electrons. The van der Waals surface area contributed by atoms with E-state index in [1.54, 1.807) is 13.0 Å². The molecule has 0 spiro atoms. The van der Waals surface area contributed by atoms with E-state index >= 15 is 0 Å². The Bertz CT molecular complexity index is 812. The fourth-order valence-electron chi connectivity index (χ4n) is 3.05. The van der Waals surface area contributed by atoms with E-state index in [0.717, 1.165) is 42.5 Å². The number of hydrogen-bond donors (Lipinski definition) is 2. The van der Waals surface area contributed by atoms with Crippen LogP contribution in [0.2, 0.25) is 0 Å². The number of anilines is 2. The number of hydrogen-bond acceptors (Lipinski definition) is 3. The van der Waals surface area contributed by atoms with Crippen LogP contribution in [0.4, 0.5) is 24.5 Å².